The molecule has 2 atom stereocenters. The molecule has 0 radical (unpaired) electrons. The van der Waals surface area contributed by atoms with Gasteiger partial charge in [-0.1, -0.05) is 6.92 Å². The van der Waals surface area contributed by atoms with Gasteiger partial charge in [-0.25, -0.2) is 17.2 Å². The van der Waals surface area contributed by atoms with Gasteiger partial charge in [0.15, 0.2) is 9.84 Å². The van der Waals surface area contributed by atoms with Crippen molar-refractivity contribution in [2.75, 3.05) is 6.54 Å². The van der Waals surface area contributed by atoms with Crippen molar-refractivity contribution in [2.24, 2.45) is 0 Å². The third kappa shape index (κ3) is 3.73. The molecule has 1 aromatic carbocycles. The first kappa shape index (κ1) is 16.0. The molecular weight excluding hydrogens is 272 g/mol. The highest BCUT2D eigenvalue weighted by Gasteiger charge is 2.30. The maximum absolute atomic E-state index is 13.6. The highest BCUT2D eigenvalue weighted by atomic mass is 32.2. The van der Waals surface area contributed by atoms with Gasteiger partial charge in [0.2, 0.25) is 0 Å². The SMILES string of the molecule is CCCNC(C)C(C)S(=O)(=O)c1cc(F)ccc1F. The summed E-state index contributed by atoms with van der Waals surface area (Å²) in [5, 5.41) is 2.21. The second-order valence-corrected chi connectivity index (χ2v) is 6.84. The van der Waals surface area contributed by atoms with Gasteiger partial charge >= 0.3 is 0 Å². The largest absolute Gasteiger partial charge is 0.313 e. The number of hydrogen-bond donors (Lipinski definition) is 1. The van der Waals surface area contributed by atoms with Crippen molar-refractivity contribution < 1.29 is 17.2 Å². The third-order valence-corrected chi connectivity index (χ3v) is 5.42. The summed E-state index contributed by atoms with van der Waals surface area (Å²) >= 11 is 0. The van der Waals surface area contributed by atoms with E-state index in [1.54, 1.807) is 6.92 Å². The van der Waals surface area contributed by atoms with Crippen molar-refractivity contribution in [1.29, 1.82) is 0 Å². The van der Waals surface area contributed by atoms with E-state index in [-0.39, 0.29) is 6.04 Å². The fraction of sp³-hybridized carbons (Fsp3) is 0.538. The summed E-state index contributed by atoms with van der Waals surface area (Å²) in [4.78, 5) is -0.579. The van der Waals surface area contributed by atoms with Crippen molar-refractivity contribution in [3.8, 4) is 0 Å². The Balaban J connectivity index is 3.06. The summed E-state index contributed by atoms with van der Waals surface area (Å²) in [6, 6.07) is 2.12. The van der Waals surface area contributed by atoms with Crippen LogP contribution in [0.15, 0.2) is 23.1 Å². The normalized spacial score (nSPS) is 15.2. The monoisotopic (exact) mass is 291 g/mol. The van der Waals surface area contributed by atoms with Gasteiger partial charge in [-0.15, -0.1) is 0 Å². The molecule has 0 aliphatic heterocycles. The summed E-state index contributed by atoms with van der Waals surface area (Å²) in [7, 11) is -3.90. The van der Waals surface area contributed by atoms with Crippen LogP contribution in [0.2, 0.25) is 0 Å². The molecule has 0 bridgehead atoms. The molecule has 0 heterocycles. The Morgan fingerprint density at radius 3 is 2.47 bits per heavy atom. The zero-order valence-corrected chi connectivity index (χ0v) is 12.1. The van der Waals surface area contributed by atoms with E-state index in [1.165, 1.54) is 6.92 Å². The Hall–Kier alpha value is -1.01. The molecule has 0 spiro atoms. The van der Waals surface area contributed by atoms with Crippen LogP contribution in [-0.4, -0.2) is 26.3 Å². The molecule has 0 aliphatic carbocycles. The lowest BCUT2D eigenvalue weighted by molar-refractivity contribution is 0.501. The van der Waals surface area contributed by atoms with Gasteiger partial charge in [0.05, 0.1) is 5.25 Å². The second-order valence-electron chi connectivity index (χ2n) is 4.57. The van der Waals surface area contributed by atoms with E-state index < -0.39 is 31.6 Å². The van der Waals surface area contributed by atoms with Gasteiger partial charge in [-0.05, 0) is 45.0 Å². The predicted molar refractivity (Wildman–Crippen MR) is 70.8 cm³/mol. The van der Waals surface area contributed by atoms with Gasteiger partial charge in [0.1, 0.15) is 16.5 Å². The predicted octanol–water partition coefficient (Wildman–Crippen LogP) is 2.52. The lowest BCUT2D eigenvalue weighted by Crippen LogP contribution is -2.40. The van der Waals surface area contributed by atoms with Crippen LogP contribution in [0, 0.1) is 11.6 Å². The minimum atomic E-state index is -3.90. The van der Waals surface area contributed by atoms with Crippen LogP contribution in [0.5, 0.6) is 0 Å². The third-order valence-electron chi connectivity index (χ3n) is 3.11. The maximum atomic E-state index is 13.6. The molecule has 108 valence electrons. The molecule has 0 aliphatic rings. The molecule has 0 fully saturated rings. The Morgan fingerprint density at radius 1 is 1.26 bits per heavy atom. The van der Waals surface area contributed by atoms with Crippen LogP contribution in [-0.2, 0) is 9.84 Å². The van der Waals surface area contributed by atoms with Crippen molar-refractivity contribution in [1.82, 2.24) is 5.32 Å². The fourth-order valence-corrected chi connectivity index (χ4v) is 3.35. The average molecular weight is 291 g/mol. The molecule has 3 nitrogen and oxygen atoms in total. The Kier molecular flexibility index (Phi) is 5.43. The molecule has 1 aromatic rings. The number of sulfone groups is 1. The Labute approximate surface area is 112 Å². The molecule has 0 aromatic heterocycles. The van der Waals surface area contributed by atoms with E-state index in [2.05, 4.69) is 5.32 Å². The van der Waals surface area contributed by atoms with Crippen LogP contribution >= 0.6 is 0 Å². The number of hydrogen-bond acceptors (Lipinski definition) is 3. The second kappa shape index (κ2) is 6.43. The van der Waals surface area contributed by atoms with Crippen molar-refractivity contribution in [3.05, 3.63) is 29.8 Å². The van der Waals surface area contributed by atoms with E-state index in [9.17, 15) is 17.2 Å². The standard InChI is InChI=1S/C13H19F2NO2S/c1-4-7-16-9(2)10(3)19(17,18)13-8-11(14)5-6-12(13)15/h5-6,8-10,16H,4,7H2,1-3H3. The quantitative estimate of drug-likeness (QED) is 0.876. The first-order valence-electron chi connectivity index (χ1n) is 6.23. The van der Waals surface area contributed by atoms with E-state index in [4.69, 9.17) is 0 Å². The average Bonchev–Trinajstić information content (AvgIpc) is 2.37. The van der Waals surface area contributed by atoms with Gasteiger partial charge in [0, 0.05) is 6.04 Å². The van der Waals surface area contributed by atoms with E-state index in [0.29, 0.717) is 6.54 Å². The number of halogens is 2. The summed E-state index contributed by atoms with van der Waals surface area (Å²) < 4.78 is 51.2. The van der Waals surface area contributed by atoms with Gasteiger partial charge in [0.25, 0.3) is 0 Å². The van der Waals surface area contributed by atoms with Crippen LogP contribution in [0.1, 0.15) is 27.2 Å². The van der Waals surface area contributed by atoms with Gasteiger partial charge < -0.3 is 5.32 Å². The van der Waals surface area contributed by atoms with E-state index in [0.717, 1.165) is 24.6 Å². The van der Waals surface area contributed by atoms with Crippen LogP contribution in [0.3, 0.4) is 0 Å². The first-order chi connectivity index (χ1) is 8.80. The lowest BCUT2D eigenvalue weighted by atomic mass is 10.2. The number of benzene rings is 1. The molecule has 0 saturated heterocycles. The molecular formula is C13H19F2NO2S. The molecule has 2 unspecified atom stereocenters. The van der Waals surface area contributed by atoms with Crippen LogP contribution in [0.25, 0.3) is 0 Å². The minimum absolute atomic E-state index is 0.340. The lowest BCUT2D eigenvalue weighted by Gasteiger charge is -2.21. The highest BCUT2D eigenvalue weighted by molar-refractivity contribution is 7.92. The summed E-state index contributed by atoms with van der Waals surface area (Å²) in [6.45, 7) is 5.85. The van der Waals surface area contributed by atoms with E-state index >= 15 is 0 Å². The fourth-order valence-electron chi connectivity index (χ4n) is 1.70. The zero-order valence-electron chi connectivity index (χ0n) is 11.3. The minimum Gasteiger partial charge on any atom is -0.313 e. The molecule has 6 heteroatoms. The van der Waals surface area contributed by atoms with Gasteiger partial charge in [-0.2, -0.15) is 0 Å². The molecule has 1 N–H and O–H groups in total. The van der Waals surface area contributed by atoms with Crippen LogP contribution in [0.4, 0.5) is 8.78 Å². The number of nitrogens with one attached hydrogen (secondary N) is 1. The van der Waals surface area contributed by atoms with Gasteiger partial charge in [-0.3, -0.25) is 0 Å². The smallest absolute Gasteiger partial charge is 0.185 e. The Bertz CT molecular complexity index is 531. The van der Waals surface area contributed by atoms with E-state index in [1.807, 2.05) is 6.92 Å². The Morgan fingerprint density at radius 2 is 1.89 bits per heavy atom. The summed E-state index contributed by atoms with van der Waals surface area (Å²) in [5.74, 6) is -1.68. The van der Waals surface area contributed by atoms with Crippen molar-refractivity contribution in [2.45, 2.75) is 43.4 Å². The number of rotatable bonds is 6. The maximum Gasteiger partial charge on any atom is 0.185 e. The topological polar surface area (TPSA) is 46.2 Å². The summed E-state index contributed by atoms with van der Waals surface area (Å²) in [5.41, 5.74) is 0. The molecule has 0 saturated carbocycles. The summed E-state index contributed by atoms with van der Waals surface area (Å²) in [6.07, 6.45) is 0.867. The molecule has 0 amide bonds. The van der Waals surface area contributed by atoms with Crippen molar-refractivity contribution in [3.63, 3.8) is 0 Å². The zero-order chi connectivity index (χ0) is 14.6. The highest BCUT2D eigenvalue weighted by Crippen LogP contribution is 2.22. The molecule has 19 heavy (non-hydrogen) atoms. The van der Waals surface area contributed by atoms with Crippen LogP contribution < -0.4 is 5.32 Å². The first-order valence-corrected chi connectivity index (χ1v) is 7.77. The van der Waals surface area contributed by atoms with Crippen molar-refractivity contribution >= 4 is 9.84 Å². The molecule has 1 rings (SSSR count).